The molecule has 0 bridgehead atoms. The minimum Gasteiger partial charge on any atom is -0.208 e. The van der Waals surface area contributed by atoms with E-state index < -0.39 is 0 Å². The van der Waals surface area contributed by atoms with Crippen LogP contribution in [0.15, 0.2) is 364 Å². The summed E-state index contributed by atoms with van der Waals surface area (Å²) in [6.45, 7) is 0. The Morgan fingerprint density at radius 3 is 1.06 bits per heavy atom. The minimum absolute atomic E-state index is 0.597. The number of hydrogen-bond acceptors (Lipinski definition) is 8. The molecular weight excluding hydrogens is 1300 g/mol. The molecule has 0 fully saturated rings. The molecule has 19 rings (SSSR count). The van der Waals surface area contributed by atoms with Crippen LogP contribution in [0.1, 0.15) is 0 Å². The van der Waals surface area contributed by atoms with E-state index in [4.69, 9.17) is 29.9 Å². The van der Waals surface area contributed by atoms with Gasteiger partial charge in [-0.15, -0.1) is 22.7 Å². The zero-order chi connectivity index (χ0) is 68.9. The molecule has 0 saturated heterocycles. The molecule has 104 heavy (non-hydrogen) atoms. The summed E-state index contributed by atoms with van der Waals surface area (Å²) >= 11 is 3.65. The summed E-state index contributed by atoms with van der Waals surface area (Å²) in [6, 6.07) is 130. The van der Waals surface area contributed by atoms with Gasteiger partial charge in [-0.3, -0.25) is 0 Å². The summed E-state index contributed by atoms with van der Waals surface area (Å²) in [7, 11) is 0. The molecule has 4 heterocycles. The largest absolute Gasteiger partial charge is 0.208 e. The molecule has 0 aliphatic carbocycles. The van der Waals surface area contributed by atoms with Gasteiger partial charge in [0.1, 0.15) is 0 Å². The van der Waals surface area contributed by atoms with E-state index in [-0.39, 0.29) is 0 Å². The van der Waals surface area contributed by atoms with Gasteiger partial charge in [-0.1, -0.05) is 334 Å². The Morgan fingerprint density at radius 1 is 0.173 bits per heavy atom. The summed E-state index contributed by atoms with van der Waals surface area (Å²) in [5, 5.41) is 7.24. The van der Waals surface area contributed by atoms with Crippen LogP contribution in [0.4, 0.5) is 0 Å². The molecular formula is C96H60N6S2. The van der Waals surface area contributed by atoms with Crippen molar-refractivity contribution in [3.8, 4) is 156 Å². The minimum atomic E-state index is 0.597. The van der Waals surface area contributed by atoms with Crippen LogP contribution in [0.5, 0.6) is 0 Å². The van der Waals surface area contributed by atoms with Gasteiger partial charge in [0.15, 0.2) is 34.9 Å². The lowest BCUT2D eigenvalue weighted by molar-refractivity contribution is 1.07. The van der Waals surface area contributed by atoms with E-state index >= 15 is 0 Å². The van der Waals surface area contributed by atoms with Crippen molar-refractivity contribution in [2.24, 2.45) is 0 Å². The highest BCUT2D eigenvalue weighted by Gasteiger charge is 2.21. The van der Waals surface area contributed by atoms with E-state index in [0.717, 1.165) is 94.4 Å². The third-order valence-electron chi connectivity index (χ3n) is 19.7. The fraction of sp³-hybridized carbons (Fsp3) is 0. The van der Waals surface area contributed by atoms with Gasteiger partial charge in [-0.05, 0) is 130 Å². The Morgan fingerprint density at radius 2 is 0.538 bits per heavy atom. The summed E-state index contributed by atoms with van der Waals surface area (Å²) in [4.78, 5) is 33.5. The number of benzene rings is 15. The predicted octanol–water partition coefficient (Wildman–Crippen LogP) is 26.1. The van der Waals surface area contributed by atoms with Crippen molar-refractivity contribution < 1.29 is 0 Å². The van der Waals surface area contributed by atoms with E-state index in [1.807, 2.05) is 59.1 Å². The molecule has 0 aliphatic heterocycles. The number of fused-ring (bicyclic) bond motifs is 4. The summed E-state index contributed by atoms with van der Waals surface area (Å²) in [6.07, 6.45) is 0. The quantitative estimate of drug-likeness (QED) is 0.108. The summed E-state index contributed by atoms with van der Waals surface area (Å²) in [5.74, 6) is 3.67. The fourth-order valence-corrected chi connectivity index (χ4v) is 16.6. The molecule has 19 aromatic rings. The molecule has 0 spiro atoms. The first kappa shape index (κ1) is 61.8. The highest BCUT2D eigenvalue weighted by molar-refractivity contribution is 7.23. The second-order valence-corrected chi connectivity index (χ2v) is 28.2. The van der Waals surface area contributed by atoms with Crippen LogP contribution in [0.3, 0.4) is 0 Å². The smallest absolute Gasteiger partial charge is 0.164 e. The van der Waals surface area contributed by atoms with Gasteiger partial charge in [0, 0.05) is 63.5 Å². The lowest BCUT2D eigenvalue weighted by atomic mass is 9.92. The Labute approximate surface area is 610 Å². The van der Waals surface area contributed by atoms with Gasteiger partial charge in [-0.2, -0.15) is 0 Å². The van der Waals surface area contributed by atoms with E-state index in [1.165, 1.54) is 68.3 Å². The molecule has 0 radical (unpaired) electrons. The zero-order valence-electron chi connectivity index (χ0n) is 56.1. The van der Waals surface area contributed by atoms with Crippen LogP contribution in [0.25, 0.3) is 198 Å². The van der Waals surface area contributed by atoms with Crippen LogP contribution in [0, 0.1) is 0 Å². The van der Waals surface area contributed by atoms with Crippen molar-refractivity contribution >= 4 is 64.4 Å². The van der Waals surface area contributed by atoms with Crippen LogP contribution >= 0.6 is 22.7 Å². The standard InChI is InChI=1S/C96H60N6S2/c1-4-17-61(18-5-1)62-33-45-72(46-34-62)92-97-91(71-22-8-3-9-23-71)98-96(99-92)76-53-43-70(44-54-76)90-89(69-20-6-2-7-21-69)84-56-55-77(59-88(84)104-90)80-57-78-24-11-14-28-83(78)85(58-80)67-39-51-75(52-40-67)95-101-93(100-94(102-95)74-49-37-66(38-50-74)82-29-16-26-65-19-10-13-27-81(65)82)73-47-35-64(36-48-73)63-31-41-68(42-32-63)87-60-79-25-12-15-30-86(79)103-87/h1-60H. The molecule has 0 N–H and O–H groups in total. The Hall–Kier alpha value is -13.2. The van der Waals surface area contributed by atoms with Gasteiger partial charge in [0.05, 0.1) is 0 Å². The molecule has 486 valence electrons. The van der Waals surface area contributed by atoms with Crippen molar-refractivity contribution in [3.63, 3.8) is 0 Å². The van der Waals surface area contributed by atoms with E-state index in [0.29, 0.717) is 34.9 Å². The number of rotatable bonds is 14. The summed E-state index contributed by atoms with van der Waals surface area (Å²) in [5.41, 5.74) is 21.6. The second kappa shape index (κ2) is 26.7. The van der Waals surface area contributed by atoms with Crippen molar-refractivity contribution in [3.05, 3.63) is 364 Å². The van der Waals surface area contributed by atoms with Crippen molar-refractivity contribution in [1.82, 2.24) is 29.9 Å². The normalized spacial score (nSPS) is 11.5. The van der Waals surface area contributed by atoms with Crippen molar-refractivity contribution in [2.45, 2.75) is 0 Å². The van der Waals surface area contributed by atoms with Gasteiger partial charge in [0.2, 0.25) is 0 Å². The maximum Gasteiger partial charge on any atom is 0.164 e. The predicted molar refractivity (Wildman–Crippen MR) is 435 cm³/mol. The van der Waals surface area contributed by atoms with Gasteiger partial charge in [0.25, 0.3) is 0 Å². The molecule has 0 atom stereocenters. The number of nitrogens with zero attached hydrogens (tertiary/aromatic N) is 6. The van der Waals surface area contributed by atoms with Crippen LogP contribution in [-0.2, 0) is 0 Å². The third-order valence-corrected chi connectivity index (χ3v) is 22.0. The van der Waals surface area contributed by atoms with Gasteiger partial charge in [-0.25, -0.2) is 29.9 Å². The topological polar surface area (TPSA) is 77.3 Å². The average Bonchev–Trinajstić information content (AvgIpc) is 1.59. The molecule has 0 aliphatic rings. The Kier molecular flexibility index (Phi) is 15.9. The van der Waals surface area contributed by atoms with Crippen molar-refractivity contribution in [2.75, 3.05) is 0 Å². The molecule has 15 aromatic carbocycles. The third kappa shape index (κ3) is 12.0. The lowest BCUT2D eigenvalue weighted by Crippen LogP contribution is -2.00. The number of thiophene rings is 2. The highest BCUT2D eigenvalue weighted by Crippen LogP contribution is 2.48. The van der Waals surface area contributed by atoms with Crippen LogP contribution in [0.2, 0.25) is 0 Å². The van der Waals surface area contributed by atoms with Gasteiger partial charge >= 0.3 is 0 Å². The lowest BCUT2D eigenvalue weighted by Gasteiger charge is -2.13. The molecule has 0 amide bonds. The summed E-state index contributed by atoms with van der Waals surface area (Å²) < 4.78 is 2.50. The van der Waals surface area contributed by atoms with E-state index in [9.17, 15) is 0 Å². The maximum absolute atomic E-state index is 5.26. The molecule has 0 saturated carbocycles. The molecule has 6 nitrogen and oxygen atoms in total. The zero-order valence-corrected chi connectivity index (χ0v) is 57.8. The first-order chi connectivity index (χ1) is 51.5. The monoisotopic (exact) mass is 1360 g/mol. The Bertz CT molecular complexity index is 6360. The van der Waals surface area contributed by atoms with E-state index in [2.05, 4.69) is 328 Å². The number of hydrogen-bond donors (Lipinski definition) is 0. The molecule has 0 unspecified atom stereocenters. The van der Waals surface area contributed by atoms with Crippen LogP contribution in [-0.4, -0.2) is 29.9 Å². The SMILES string of the molecule is c1ccc(-c2ccc(-c3nc(-c4ccccc4)nc(-c4ccc(-c5sc6cc(-c7cc(-c8ccc(-c9nc(-c%10ccc(-c%11ccc(-c%12cc%13ccccc%13s%12)cc%11)cc%10)nc(-c%10ccc(-c%11cccc%12ccccc%11%12)cc%10)n9)cc8)c8ccccc8c7)ccc6c5-c5ccccc5)cc4)n3)cc2)cc1. The first-order valence-electron chi connectivity index (χ1n) is 34.9. The van der Waals surface area contributed by atoms with Crippen molar-refractivity contribution in [1.29, 1.82) is 0 Å². The molecule has 8 heteroatoms. The Balaban J connectivity index is 0.649. The maximum atomic E-state index is 5.26. The highest BCUT2D eigenvalue weighted by atomic mass is 32.1. The fourth-order valence-electron chi connectivity index (χ4n) is 14.3. The first-order valence-corrected chi connectivity index (χ1v) is 36.5. The average molecular weight is 1360 g/mol. The van der Waals surface area contributed by atoms with E-state index in [1.54, 1.807) is 0 Å². The second-order valence-electron chi connectivity index (χ2n) is 26.1. The molecule has 4 aromatic heterocycles. The van der Waals surface area contributed by atoms with Gasteiger partial charge < -0.3 is 0 Å². The van der Waals surface area contributed by atoms with Crippen LogP contribution < -0.4 is 0 Å². The number of aromatic nitrogens is 6.